The number of H-pyrrole nitrogens is 1. The minimum atomic E-state index is 0.568. The largest absolute Gasteiger partial charge is 0.497 e. The van der Waals surface area contributed by atoms with Crippen LogP contribution in [-0.4, -0.2) is 30.1 Å². The van der Waals surface area contributed by atoms with Crippen LogP contribution in [0.2, 0.25) is 5.02 Å². The second kappa shape index (κ2) is 6.50. The number of benzene rings is 2. The van der Waals surface area contributed by atoms with E-state index in [1.54, 1.807) is 7.11 Å². The fourth-order valence-corrected chi connectivity index (χ4v) is 3.79. The molecule has 1 fully saturated rings. The van der Waals surface area contributed by atoms with Crippen LogP contribution in [0.4, 0.5) is 0 Å². The smallest absolute Gasteiger partial charge is 0.119 e. The Labute approximate surface area is 147 Å². The van der Waals surface area contributed by atoms with Crippen LogP contribution >= 0.6 is 11.6 Å². The predicted octanol–water partition coefficient (Wildman–Crippen LogP) is 4.82. The van der Waals surface area contributed by atoms with Crippen LogP contribution in [0.25, 0.3) is 10.9 Å². The average molecular weight is 341 g/mol. The van der Waals surface area contributed by atoms with Gasteiger partial charge in [0, 0.05) is 35.2 Å². The summed E-state index contributed by atoms with van der Waals surface area (Å²) in [6, 6.07) is 14.4. The summed E-state index contributed by atoms with van der Waals surface area (Å²) in [5.41, 5.74) is 3.91. The Bertz CT molecular complexity index is 840. The molecule has 4 rings (SSSR count). The molecule has 1 aliphatic heterocycles. The molecule has 24 heavy (non-hydrogen) atoms. The molecule has 3 nitrogen and oxygen atoms in total. The van der Waals surface area contributed by atoms with E-state index in [4.69, 9.17) is 16.3 Å². The zero-order chi connectivity index (χ0) is 16.5. The lowest BCUT2D eigenvalue weighted by Crippen LogP contribution is -2.19. The average Bonchev–Trinajstić information content (AvgIpc) is 3.22. The maximum atomic E-state index is 5.97. The van der Waals surface area contributed by atoms with Crippen molar-refractivity contribution in [1.29, 1.82) is 0 Å². The van der Waals surface area contributed by atoms with Crippen LogP contribution < -0.4 is 4.74 Å². The van der Waals surface area contributed by atoms with Gasteiger partial charge in [-0.05, 0) is 60.3 Å². The van der Waals surface area contributed by atoms with Gasteiger partial charge in [-0.15, -0.1) is 0 Å². The Morgan fingerprint density at radius 2 is 2.04 bits per heavy atom. The highest BCUT2D eigenvalue weighted by Gasteiger charge is 2.26. The topological polar surface area (TPSA) is 28.3 Å². The predicted molar refractivity (Wildman–Crippen MR) is 98.9 cm³/mol. The molecule has 0 bridgehead atoms. The van der Waals surface area contributed by atoms with E-state index < -0.39 is 0 Å². The van der Waals surface area contributed by atoms with Gasteiger partial charge in [0.25, 0.3) is 0 Å². The van der Waals surface area contributed by atoms with Crippen molar-refractivity contribution in [1.82, 2.24) is 9.88 Å². The fourth-order valence-electron chi connectivity index (χ4n) is 3.66. The van der Waals surface area contributed by atoms with Crippen LogP contribution in [0, 0.1) is 0 Å². The van der Waals surface area contributed by atoms with E-state index in [0.717, 1.165) is 30.4 Å². The molecular formula is C20H21ClN2O. The third kappa shape index (κ3) is 3.02. The number of fused-ring (bicyclic) bond motifs is 1. The first kappa shape index (κ1) is 15.6. The van der Waals surface area contributed by atoms with Crippen molar-refractivity contribution in [3.05, 3.63) is 64.8 Å². The molecule has 0 radical (unpaired) electrons. The van der Waals surface area contributed by atoms with E-state index in [2.05, 4.69) is 40.3 Å². The van der Waals surface area contributed by atoms with Crippen LogP contribution in [0.5, 0.6) is 5.75 Å². The first-order valence-electron chi connectivity index (χ1n) is 8.35. The number of hydrogen-bond donors (Lipinski definition) is 1. The summed E-state index contributed by atoms with van der Waals surface area (Å²) in [5.74, 6) is 1.48. The summed E-state index contributed by atoms with van der Waals surface area (Å²) in [7, 11) is 1.72. The van der Waals surface area contributed by atoms with Crippen LogP contribution in [0.15, 0.2) is 48.7 Å². The molecule has 2 aromatic carbocycles. The van der Waals surface area contributed by atoms with Crippen molar-refractivity contribution >= 4 is 22.5 Å². The summed E-state index contributed by atoms with van der Waals surface area (Å²) in [5, 5.41) is 2.08. The van der Waals surface area contributed by atoms with E-state index in [-0.39, 0.29) is 0 Å². The first-order chi connectivity index (χ1) is 11.7. The maximum Gasteiger partial charge on any atom is 0.119 e. The van der Waals surface area contributed by atoms with Crippen LogP contribution in [0.3, 0.4) is 0 Å². The molecule has 2 heterocycles. The SMILES string of the molecule is COc1ccc2[nH]cc([C@@H]3CCN(Cc4ccc(Cl)cc4)C3)c2c1. The number of halogens is 1. The van der Waals surface area contributed by atoms with Gasteiger partial charge >= 0.3 is 0 Å². The minimum absolute atomic E-state index is 0.568. The lowest BCUT2D eigenvalue weighted by atomic mass is 9.98. The zero-order valence-corrected chi connectivity index (χ0v) is 14.5. The van der Waals surface area contributed by atoms with Gasteiger partial charge in [0.2, 0.25) is 0 Å². The Kier molecular flexibility index (Phi) is 4.21. The minimum Gasteiger partial charge on any atom is -0.497 e. The van der Waals surface area contributed by atoms with Gasteiger partial charge in [0.1, 0.15) is 5.75 Å². The van der Waals surface area contributed by atoms with E-state index >= 15 is 0 Å². The summed E-state index contributed by atoms with van der Waals surface area (Å²) < 4.78 is 5.38. The maximum absolute atomic E-state index is 5.97. The Hall–Kier alpha value is -1.97. The molecule has 124 valence electrons. The summed E-state index contributed by atoms with van der Waals surface area (Å²) in [6.07, 6.45) is 3.36. The number of rotatable bonds is 4. The molecule has 1 atom stereocenters. The summed E-state index contributed by atoms with van der Waals surface area (Å²) in [4.78, 5) is 5.92. The number of nitrogens with zero attached hydrogens (tertiary/aromatic N) is 1. The lowest BCUT2D eigenvalue weighted by Gasteiger charge is -2.16. The second-order valence-electron chi connectivity index (χ2n) is 6.50. The number of methoxy groups -OCH3 is 1. The molecule has 1 aliphatic rings. The number of aromatic nitrogens is 1. The van der Waals surface area contributed by atoms with E-state index in [1.807, 2.05) is 18.2 Å². The molecule has 3 aromatic rings. The molecule has 0 unspecified atom stereocenters. The van der Waals surface area contributed by atoms with Gasteiger partial charge in [-0.25, -0.2) is 0 Å². The van der Waals surface area contributed by atoms with Gasteiger partial charge in [0.05, 0.1) is 7.11 Å². The summed E-state index contributed by atoms with van der Waals surface area (Å²) in [6.45, 7) is 3.20. The van der Waals surface area contributed by atoms with Crippen LogP contribution in [-0.2, 0) is 6.54 Å². The van der Waals surface area contributed by atoms with Gasteiger partial charge in [0.15, 0.2) is 0 Å². The third-order valence-electron chi connectivity index (χ3n) is 4.95. The first-order valence-corrected chi connectivity index (χ1v) is 8.72. The fraction of sp³-hybridized carbons (Fsp3) is 0.300. The molecule has 1 N–H and O–H groups in total. The number of hydrogen-bond acceptors (Lipinski definition) is 2. The van der Waals surface area contributed by atoms with E-state index in [0.29, 0.717) is 5.92 Å². The van der Waals surface area contributed by atoms with Gasteiger partial charge in [-0.1, -0.05) is 23.7 Å². The van der Waals surface area contributed by atoms with Crippen molar-refractivity contribution in [3.8, 4) is 5.75 Å². The molecule has 0 amide bonds. The van der Waals surface area contributed by atoms with Gasteiger partial charge in [-0.3, -0.25) is 4.90 Å². The summed E-state index contributed by atoms with van der Waals surface area (Å²) >= 11 is 5.97. The van der Waals surface area contributed by atoms with Crippen molar-refractivity contribution in [2.45, 2.75) is 18.9 Å². The second-order valence-corrected chi connectivity index (χ2v) is 6.94. The molecular weight excluding hydrogens is 320 g/mol. The third-order valence-corrected chi connectivity index (χ3v) is 5.20. The van der Waals surface area contributed by atoms with Crippen LogP contribution in [0.1, 0.15) is 23.5 Å². The Morgan fingerprint density at radius 3 is 2.83 bits per heavy atom. The Morgan fingerprint density at radius 1 is 1.21 bits per heavy atom. The lowest BCUT2D eigenvalue weighted by molar-refractivity contribution is 0.327. The monoisotopic (exact) mass is 340 g/mol. The molecule has 1 saturated heterocycles. The molecule has 0 saturated carbocycles. The number of aromatic amines is 1. The van der Waals surface area contributed by atoms with Crippen molar-refractivity contribution in [2.24, 2.45) is 0 Å². The number of ether oxygens (including phenoxy) is 1. The quantitative estimate of drug-likeness (QED) is 0.737. The zero-order valence-electron chi connectivity index (χ0n) is 13.8. The number of likely N-dealkylation sites (tertiary alicyclic amines) is 1. The highest BCUT2D eigenvalue weighted by molar-refractivity contribution is 6.30. The molecule has 0 spiro atoms. The standard InChI is InChI=1S/C20H21ClN2O/c1-24-17-6-7-20-18(10-17)19(11-22-20)15-8-9-23(13-15)12-14-2-4-16(21)5-3-14/h2-7,10-11,15,22H,8-9,12-13H2,1H3/t15-/m1/s1. The molecule has 0 aliphatic carbocycles. The number of nitrogens with one attached hydrogen (secondary N) is 1. The van der Waals surface area contributed by atoms with E-state index in [1.165, 1.54) is 28.5 Å². The van der Waals surface area contributed by atoms with Crippen molar-refractivity contribution < 1.29 is 4.74 Å². The van der Waals surface area contributed by atoms with E-state index in [9.17, 15) is 0 Å². The highest BCUT2D eigenvalue weighted by Crippen LogP contribution is 2.34. The Balaban J connectivity index is 1.51. The molecule has 1 aromatic heterocycles. The molecule has 4 heteroatoms. The van der Waals surface area contributed by atoms with Crippen molar-refractivity contribution in [3.63, 3.8) is 0 Å². The van der Waals surface area contributed by atoms with Gasteiger partial charge in [-0.2, -0.15) is 0 Å². The van der Waals surface area contributed by atoms with Crippen molar-refractivity contribution in [2.75, 3.05) is 20.2 Å². The normalized spacial score (nSPS) is 18.3. The van der Waals surface area contributed by atoms with Gasteiger partial charge < -0.3 is 9.72 Å². The highest BCUT2D eigenvalue weighted by atomic mass is 35.5.